The van der Waals surface area contributed by atoms with Gasteiger partial charge in [-0.2, -0.15) is 0 Å². The Kier molecular flexibility index (Phi) is 2.81. The van der Waals surface area contributed by atoms with E-state index in [1.165, 1.54) is 18.2 Å². The lowest BCUT2D eigenvalue weighted by molar-refractivity contribution is -0.274. The van der Waals surface area contributed by atoms with E-state index in [4.69, 9.17) is 5.84 Å². The molecule has 90 valence electrons. The Bertz CT molecular complexity index is 540. The van der Waals surface area contributed by atoms with Crippen molar-refractivity contribution in [3.05, 3.63) is 36.4 Å². The van der Waals surface area contributed by atoms with Crippen LogP contribution in [0.1, 0.15) is 0 Å². The van der Waals surface area contributed by atoms with Crippen LogP contribution in [-0.4, -0.2) is 6.36 Å². The van der Waals surface area contributed by atoms with Crippen LogP contribution in [0.2, 0.25) is 0 Å². The Morgan fingerprint density at radius 2 is 1.65 bits per heavy atom. The first-order valence-electron chi connectivity index (χ1n) is 4.75. The van der Waals surface area contributed by atoms with Crippen molar-refractivity contribution >= 4 is 16.5 Å². The molecule has 0 atom stereocenters. The summed E-state index contributed by atoms with van der Waals surface area (Å²) in [5.41, 5.74) is 2.96. The van der Waals surface area contributed by atoms with Crippen LogP contribution in [0.3, 0.4) is 0 Å². The molecule has 0 aliphatic carbocycles. The Labute approximate surface area is 94.9 Å². The van der Waals surface area contributed by atoms with Crippen LogP contribution in [0.5, 0.6) is 5.75 Å². The summed E-state index contributed by atoms with van der Waals surface area (Å²) in [6.45, 7) is 0. The summed E-state index contributed by atoms with van der Waals surface area (Å²) in [6, 6.07) is 9.20. The van der Waals surface area contributed by atoms with Gasteiger partial charge in [-0.25, -0.2) is 0 Å². The zero-order valence-corrected chi connectivity index (χ0v) is 8.58. The van der Waals surface area contributed by atoms with Crippen molar-refractivity contribution in [1.82, 2.24) is 0 Å². The zero-order valence-electron chi connectivity index (χ0n) is 8.58. The topological polar surface area (TPSA) is 47.3 Å². The maximum absolute atomic E-state index is 12.2. The molecule has 2 aromatic carbocycles. The molecule has 0 aliphatic heterocycles. The number of nitrogens with two attached hydrogens (primary N) is 1. The van der Waals surface area contributed by atoms with E-state index >= 15 is 0 Å². The lowest BCUT2D eigenvalue weighted by Crippen LogP contribution is -2.17. The Morgan fingerprint density at radius 3 is 2.24 bits per heavy atom. The van der Waals surface area contributed by atoms with Crippen LogP contribution >= 0.6 is 0 Å². The lowest BCUT2D eigenvalue weighted by atomic mass is 10.1. The van der Waals surface area contributed by atoms with Crippen molar-refractivity contribution < 1.29 is 17.9 Å². The van der Waals surface area contributed by atoms with Crippen LogP contribution in [0.15, 0.2) is 36.4 Å². The molecule has 0 saturated heterocycles. The summed E-state index contributed by atoms with van der Waals surface area (Å²) in [5, 5.41) is 0.914. The minimum atomic E-state index is -4.71. The molecule has 0 radical (unpaired) electrons. The Hall–Kier alpha value is -1.95. The van der Waals surface area contributed by atoms with Gasteiger partial charge in [0.1, 0.15) is 5.75 Å². The summed E-state index contributed by atoms with van der Waals surface area (Å²) in [5.74, 6) is 5.04. The van der Waals surface area contributed by atoms with Gasteiger partial charge in [-0.05, 0) is 12.1 Å². The third kappa shape index (κ3) is 2.42. The minimum absolute atomic E-state index is 0.243. The van der Waals surface area contributed by atoms with Gasteiger partial charge in [0.15, 0.2) is 0 Å². The standard InChI is InChI=1S/C11H9F3N2O/c12-11(13,14)17-10-6-5-9(16-15)7-3-1-2-4-8(7)10/h1-6,16H,15H2. The van der Waals surface area contributed by atoms with Crippen molar-refractivity contribution in [3.63, 3.8) is 0 Å². The van der Waals surface area contributed by atoms with Gasteiger partial charge in [0.2, 0.25) is 0 Å². The van der Waals surface area contributed by atoms with Gasteiger partial charge in [-0.1, -0.05) is 24.3 Å². The number of hydrazine groups is 1. The maximum Gasteiger partial charge on any atom is 0.573 e. The van der Waals surface area contributed by atoms with E-state index in [0.29, 0.717) is 16.5 Å². The van der Waals surface area contributed by atoms with Gasteiger partial charge < -0.3 is 10.2 Å². The lowest BCUT2D eigenvalue weighted by Gasteiger charge is -2.13. The average Bonchev–Trinajstić information content (AvgIpc) is 2.28. The molecule has 0 fully saturated rings. The number of anilines is 1. The van der Waals surface area contributed by atoms with Crippen molar-refractivity contribution in [1.29, 1.82) is 0 Å². The fourth-order valence-corrected chi connectivity index (χ4v) is 1.61. The molecule has 0 amide bonds. The molecule has 0 aromatic heterocycles. The number of rotatable bonds is 2. The van der Waals surface area contributed by atoms with Crippen molar-refractivity contribution in [2.75, 3.05) is 5.43 Å². The van der Waals surface area contributed by atoms with Crippen LogP contribution in [-0.2, 0) is 0 Å². The minimum Gasteiger partial charge on any atom is -0.405 e. The van der Waals surface area contributed by atoms with Crippen LogP contribution in [0, 0.1) is 0 Å². The third-order valence-electron chi connectivity index (χ3n) is 2.27. The van der Waals surface area contributed by atoms with Gasteiger partial charge in [0.25, 0.3) is 0 Å². The van der Waals surface area contributed by atoms with Crippen molar-refractivity contribution in [3.8, 4) is 5.75 Å². The van der Waals surface area contributed by atoms with Crippen molar-refractivity contribution in [2.45, 2.75) is 6.36 Å². The van der Waals surface area contributed by atoms with E-state index in [2.05, 4.69) is 10.2 Å². The number of halogens is 3. The monoisotopic (exact) mass is 242 g/mol. The first-order valence-corrected chi connectivity index (χ1v) is 4.75. The quantitative estimate of drug-likeness (QED) is 0.628. The summed E-state index contributed by atoms with van der Waals surface area (Å²) < 4.78 is 40.5. The number of fused-ring (bicyclic) bond motifs is 1. The smallest absolute Gasteiger partial charge is 0.405 e. The molecular formula is C11H9F3N2O. The number of ether oxygens (including phenoxy) is 1. The van der Waals surface area contributed by atoms with E-state index in [1.807, 2.05) is 0 Å². The fourth-order valence-electron chi connectivity index (χ4n) is 1.61. The fraction of sp³-hybridized carbons (Fsp3) is 0.0909. The van der Waals surface area contributed by atoms with E-state index in [1.54, 1.807) is 18.2 Å². The molecule has 2 aromatic rings. The first-order chi connectivity index (χ1) is 8.01. The van der Waals surface area contributed by atoms with Gasteiger partial charge in [-0.15, -0.1) is 13.2 Å². The van der Waals surface area contributed by atoms with Crippen LogP contribution in [0.4, 0.5) is 18.9 Å². The van der Waals surface area contributed by atoms with Gasteiger partial charge in [0.05, 0.1) is 5.69 Å². The zero-order chi connectivity index (χ0) is 12.5. The first kappa shape index (κ1) is 11.5. The van der Waals surface area contributed by atoms with Crippen molar-refractivity contribution in [2.24, 2.45) is 5.84 Å². The van der Waals surface area contributed by atoms with Crippen LogP contribution < -0.4 is 16.0 Å². The summed E-state index contributed by atoms with van der Waals surface area (Å²) in [4.78, 5) is 0. The summed E-state index contributed by atoms with van der Waals surface area (Å²) in [6.07, 6.45) is -4.71. The van der Waals surface area contributed by atoms with Crippen LogP contribution in [0.25, 0.3) is 10.8 Å². The molecular weight excluding hydrogens is 233 g/mol. The largest absolute Gasteiger partial charge is 0.573 e. The number of nitrogens with one attached hydrogen (secondary N) is 1. The highest BCUT2D eigenvalue weighted by Crippen LogP contribution is 2.34. The molecule has 2 rings (SSSR count). The molecule has 3 nitrogen and oxygen atoms in total. The number of alkyl halides is 3. The maximum atomic E-state index is 12.2. The number of hydrogen-bond donors (Lipinski definition) is 2. The van der Waals surface area contributed by atoms with E-state index < -0.39 is 6.36 Å². The molecule has 0 unspecified atom stereocenters. The molecule has 6 heteroatoms. The van der Waals surface area contributed by atoms with Gasteiger partial charge >= 0.3 is 6.36 Å². The number of nitrogen functional groups attached to an aromatic ring is 1. The highest BCUT2D eigenvalue weighted by Gasteiger charge is 2.31. The molecule has 0 saturated carbocycles. The summed E-state index contributed by atoms with van der Waals surface area (Å²) >= 11 is 0. The average molecular weight is 242 g/mol. The van der Waals surface area contributed by atoms with E-state index in [-0.39, 0.29) is 5.75 Å². The number of hydrogen-bond acceptors (Lipinski definition) is 3. The molecule has 0 bridgehead atoms. The molecule has 0 heterocycles. The second kappa shape index (κ2) is 4.14. The number of benzene rings is 2. The Morgan fingerprint density at radius 1 is 1.00 bits per heavy atom. The second-order valence-corrected chi connectivity index (χ2v) is 3.35. The SMILES string of the molecule is NNc1ccc(OC(F)(F)F)c2ccccc12. The predicted molar refractivity (Wildman–Crippen MR) is 58.4 cm³/mol. The van der Waals surface area contributed by atoms with E-state index in [0.717, 1.165) is 0 Å². The summed E-state index contributed by atoms with van der Waals surface area (Å²) in [7, 11) is 0. The van der Waals surface area contributed by atoms with Gasteiger partial charge in [0, 0.05) is 10.8 Å². The highest BCUT2D eigenvalue weighted by atomic mass is 19.4. The molecule has 3 N–H and O–H groups in total. The Balaban J connectivity index is 2.59. The van der Waals surface area contributed by atoms with E-state index in [9.17, 15) is 13.2 Å². The second-order valence-electron chi connectivity index (χ2n) is 3.35. The molecule has 0 spiro atoms. The van der Waals surface area contributed by atoms with Gasteiger partial charge in [-0.3, -0.25) is 5.84 Å². The molecule has 0 aliphatic rings. The third-order valence-corrected chi connectivity index (χ3v) is 2.27. The predicted octanol–water partition coefficient (Wildman–Crippen LogP) is 3.02. The molecule has 17 heavy (non-hydrogen) atoms. The normalized spacial score (nSPS) is 11.5. The highest BCUT2D eigenvalue weighted by molar-refractivity contribution is 5.97.